The molecule has 1 aliphatic rings. The van der Waals surface area contributed by atoms with Crippen molar-refractivity contribution in [2.24, 2.45) is 4.99 Å². The first-order valence-corrected chi connectivity index (χ1v) is 6.72. The van der Waals surface area contributed by atoms with Crippen LogP contribution in [-0.2, 0) is 5.21 Å². The summed E-state index contributed by atoms with van der Waals surface area (Å²) in [5, 5.41) is 13.5. The van der Waals surface area contributed by atoms with E-state index >= 15 is 0 Å². The van der Waals surface area contributed by atoms with Crippen molar-refractivity contribution >= 4 is 6.21 Å². The van der Waals surface area contributed by atoms with Crippen molar-refractivity contribution in [3.05, 3.63) is 30.1 Å². The molecule has 4 heteroatoms. The van der Waals surface area contributed by atoms with Gasteiger partial charge in [-0.3, -0.25) is 9.98 Å². The predicted molar refractivity (Wildman–Crippen MR) is 75.5 cm³/mol. The molecule has 1 radical (unpaired) electrons. The van der Waals surface area contributed by atoms with Crippen LogP contribution in [0.15, 0.2) is 29.5 Å². The van der Waals surface area contributed by atoms with E-state index in [2.05, 4.69) is 9.98 Å². The average molecular weight is 260 g/mol. The fourth-order valence-corrected chi connectivity index (χ4v) is 2.96. The molecular formula is C15H22N3O. The Bertz CT molecular complexity index is 436. The minimum atomic E-state index is -0.362. The van der Waals surface area contributed by atoms with Crippen LogP contribution in [0.3, 0.4) is 0 Å². The lowest BCUT2D eigenvalue weighted by molar-refractivity contribution is -0.288. The SMILES string of the molecule is CC1(C)CC(N=Cc2cccnc2)CC(C)(C)N1[O]. The molecule has 1 saturated heterocycles. The molecule has 0 unspecified atom stereocenters. The van der Waals surface area contributed by atoms with Gasteiger partial charge >= 0.3 is 0 Å². The third-order valence-corrected chi connectivity index (χ3v) is 3.69. The highest BCUT2D eigenvalue weighted by atomic mass is 16.5. The molecule has 0 spiro atoms. The lowest BCUT2D eigenvalue weighted by Crippen LogP contribution is -2.59. The van der Waals surface area contributed by atoms with Crippen molar-refractivity contribution < 1.29 is 5.21 Å². The second kappa shape index (κ2) is 5.02. The zero-order chi connectivity index (χ0) is 14.1. The maximum Gasteiger partial charge on any atom is 0.0536 e. The number of aliphatic imine (C=N–C) groups is 1. The summed E-state index contributed by atoms with van der Waals surface area (Å²) in [6.45, 7) is 7.97. The van der Waals surface area contributed by atoms with E-state index in [4.69, 9.17) is 0 Å². The maximum absolute atomic E-state index is 12.2. The molecule has 1 aromatic rings. The van der Waals surface area contributed by atoms with E-state index in [1.54, 1.807) is 12.4 Å². The summed E-state index contributed by atoms with van der Waals surface area (Å²) < 4.78 is 0. The average Bonchev–Trinajstić information content (AvgIpc) is 2.34. The Morgan fingerprint density at radius 3 is 2.47 bits per heavy atom. The first-order valence-electron chi connectivity index (χ1n) is 6.72. The van der Waals surface area contributed by atoms with Gasteiger partial charge < -0.3 is 0 Å². The van der Waals surface area contributed by atoms with Crippen molar-refractivity contribution in [2.45, 2.75) is 57.7 Å². The Balaban J connectivity index is 2.12. The second-order valence-corrected chi connectivity index (χ2v) is 6.55. The van der Waals surface area contributed by atoms with Gasteiger partial charge in [0, 0.05) is 35.2 Å². The van der Waals surface area contributed by atoms with Gasteiger partial charge in [0.1, 0.15) is 0 Å². The molecular weight excluding hydrogens is 238 g/mol. The van der Waals surface area contributed by atoms with Gasteiger partial charge in [-0.1, -0.05) is 6.07 Å². The number of rotatable bonds is 2. The lowest BCUT2D eigenvalue weighted by atomic mass is 9.79. The first kappa shape index (κ1) is 14.2. The Kier molecular flexibility index (Phi) is 3.74. The number of hydroxylamine groups is 2. The Morgan fingerprint density at radius 1 is 1.32 bits per heavy atom. The van der Waals surface area contributed by atoms with E-state index in [1.165, 1.54) is 5.06 Å². The topological polar surface area (TPSA) is 48.4 Å². The standard InChI is InChI=1S/C15H22N3O/c1-14(2)8-13(9-15(3,4)18(14)19)17-11-12-6-5-7-16-10-12/h5-7,10-11,13H,8-9H2,1-4H3. The van der Waals surface area contributed by atoms with Gasteiger partial charge in [0.05, 0.1) is 6.04 Å². The van der Waals surface area contributed by atoms with Gasteiger partial charge in [0.15, 0.2) is 0 Å². The monoisotopic (exact) mass is 260 g/mol. The largest absolute Gasteiger partial charge is 0.289 e. The van der Waals surface area contributed by atoms with Crippen LogP contribution >= 0.6 is 0 Å². The first-order chi connectivity index (χ1) is 8.81. The zero-order valence-electron chi connectivity index (χ0n) is 12.1. The van der Waals surface area contributed by atoms with Gasteiger partial charge in [0.2, 0.25) is 0 Å². The summed E-state index contributed by atoms with van der Waals surface area (Å²) in [6, 6.07) is 4.07. The van der Waals surface area contributed by atoms with Gasteiger partial charge in [-0.2, -0.15) is 0 Å². The minimum Gasteiger partial charge on any atom is -0.289 e. The number of hydrogen-bond acceptors (Lipinski definition) is 3. The van der Waals surface area contributed by atoms with Crippen molar-refractivity contribution in [3.8, 4) is 0 Å². The zero-order valence-corrected chi connectivity index (χ0v) is 12.1. The Labute approximate surface area is 115 Å². The van der Waals surface area contributed by atoms with Crippen LogP contribution in [0.2, 0.25) is 0 Å². The molecule has 0 N–H and O–H groups in total. The molecule has 0 amide bonds. The fraction of sp³-hybridized carbons (Fsp3) is 0.600. The fourth-order valence-electron chi connectivity index (χ4n) is 2.96. The summed E-state index contributed by atoms with van der Waals surface area (Å²) in [4.78, 5) is 8.72. The summed E-state index contributed by atoms with van der Waals surface area (Å²) in [6.07, 6.45) is 6.99. The molecule has 0 aromatic carbocycles. The van der Waals surface area contributed by atoms with Gasteiger partial charge in [-0.05, 0) is 46.6 Å². The van der Waals surface area contributed by atoms with Crippen molar-refractivity contribution in [1.82, 2.24) is 10.0 Å². The van der Waals surface area contributed by atoms with Crippen LogP contribution in [0.4, 0.5) is 0 Å². The molecule has 103 valence electrons. The molecule has 0 atom stereocenters. The molecule has 2 rings (SSSR count). The van der Waals surface area contributed by atoms with Crippen LogP contribution in [0.1, 0.15) is 46.1 Å². The molecule has 2 heterocycles. The molecule has 0 aliphatic carbocycles. The van der Waals surface area contributed by atoms with Crippen LogP contribution in [0.25, 0.3) is 0 Å². The van der Waals surface area contributed by atoms with Crippen LogP contribution in [0, 0.1) is 0 Å². The Hall–Kier alpha value is -1.26. The maximum atomic E-state index is 12.2. The quantitative estimate of drug-likeness (QED) is 0.768. The van der Waals surface area contributed by atoms with E-state index in [0.717, 1.165) is 18.4 Å². The summed E-state index contributed by atoms with van der Waals surface area (Å²) in [5.41, 5.74) is 0.278. The molecule has 0 saturated carbocycles. The van der Waals surface area contributed by atoms with E-state index in [1.807, 2.05) is 46.0 Å². The molecule has 1 fully saturated rings. The van der Waals surface area contributed by atoms with E-state index < -0.39 is 0 Å². The van der Waals surface area contributed by atoms with E-state index in [9.17, 15) is 5.21 Å². The number of aromatic nitrogens is 1. The van der Waals surface area contributed by atoms with Gasteiger partial charge in [-0.15, -0.1) is 10.3 Å². The molecule has 4 nitrogen and oxygen atoms in total. The number of piperidine rings is 1. The van der Waals surface area contributed by atoms with Gasteiger partial charge in [0.25, 0.3) is 0 Å². The third kappa shape index (κ3) is 3.19. The molecule has 1 aromatic heterocycles. The van der Waals surface area contributed by atoms with E-state index in [-0.39, 0.29) is 17.1 Å². The Morgan fingerprint density at radius 2 is 1.95 bits per heavy atom. The highest BCUT2D eigenvalue weighted by Gasteiger charge is 2.45. The molecule has 1 aliphatic heterocycles. The van der Waals surface area contributed by atoms with E-state index in [0.29, 0.717) is 0 Å². The van der Waals surface area contributed by atoms with Crippen LogP contribution in [-0.4, -0.2) is 33.4 Å². The van der Waals surface area contributed by atoms with Crippen LogP contribution < -0.4 is 0 Å². The number of nitrogens with zero attached hydrogens (tertiary/aromatic N) is 3. The summed E-state index contributed by atoms with van der Waals surface area (Å²) in [5.74, 6) is 0. The predicted octanol–water partition coefficient (Wildman–Crippen LogP) is 2.87. The molecule has 19 heavy (non-hydrogen) atoms. The molecule has 0 bridgehead atoms. The minimum absolute atomic E-state index is 0.190. The number of hydrogen-bond donors (Lipinski definition) is 0. The second-order valence-electron chi connectivity index (χ2n) is 6.55. The van der Waals surface area contributed by atoms with Crippen molar-refractivity contribution in [1.29, 1.82) is 0 Å². The normalized spacial score (nSPS) is 23.8. The highest BCUT2D eigenvalue weighted by molar-refractivity contribution is 5.79. The third-order valence-electron chi connectivity index (χ3n) is 3.69. The van der Waals surface area contributed by atoms with Crippen LogP contribution in [0.5, 0.6) is 0 Å². The van der Waals surface area contributed by atoms with Crippen molar-refractivity contribution in [2.75, 3.05) is 0 Å². The highest BCUT2D eigenvalue weighted by Crippen LogP contribution is 2.38. The summed E-state index contributed by atoms with van der Waals surface area (Å²) in [7, 11) is 0. The van der Waals surface area contributed by atoms with Crippen molar-refractivity contribution in [3.63, 3.8) is 0 Å². The smallest absolute Gasteiger partial charge is 0.0536 e. The summed E-state index contributed by atoms with van der Waals surface area (Å²) >= 11 is 0. The van der Waals surface area contributed by atoms with Gasteiger partial charge in [-0.25, -0.2) is 0 Å². The number of pyridine rings is 1. The lowest BCUT2D eigenvalue weighted by Gasteiger charge is -2.48.